The van der Waals surface area contributed by atoms with Gasteiger partial charge in [0.2, 0.25) is 0 Å². The van der Waals surface area contributed by atoms with Gasteiger partial charge in [-0.25, -0.2) is 9.18 Å². The number of piperazine rings is 1. The topological polar surface area (TPSA) is 102 Å². The quantitative estimate of drug-likeness (QED) is 0.315. The maximum atomic E-state index is 16.7. The standard InChI is InChI=1S/C34H39F3N6O5/c1-32(2,3)48-31(44)43-18-20-8-4-9-21(43)17-42(20)29-23-16-38-26(22-10-5-11-24-28(22)47-34(36,37)46-24)25(35)27(23)39-30(40-29)45-19-33-12-6-14-41(33)15-7-13-33/h5,10-11,16,20-21H,4,6-9,12-15,17-19H2,1-3H3. The third-order valence-electron chi connectivity index (χ3n) is 10.3. The van der Waals surface area contributed by atoms with Gasteiger partial charge in [-0.15, -0.1) is 8.78 Å². The molecule has 5 saturated heterocycles. The number of hydrogen-bond donors (Lipinski definition) is 0. The van der Waals surface area contributed by atoms with E-state index in [9.17, 15) is 13.6 Å². The van der Waals surface area contributed by atoms with Crippen molar-refractivity contribution >= 4 is 22.8 Å². The van der Waals surface area contributed by atoms with E-state index >= 15 is 4.39 Å². The number of rotatable bonds is 5. The molecule has 0 aliphatic carbocycles. The van der Waals surface area contributed by atoms with Crippen molar-refractivity contribution in [2.45, 2.75) is 95.2 Å². The number of carbonyl (C=O) groups excluding carboxylic acids is 1. The molecule has 0 saturated carbocycles. The fourth-order valence-electron chi connectivity index (χ4n) is 8.14. The maximum absolute atomic E-state index is 16.7. The summed E-state index contributed by atoms with van der Waals surface area (Å²) in [5.41, 5.74) is -0.957. The summed E-state index contributed by atoms with van der Waals surface area (Å²) in [6.07, 6.45) is 3.94. The lowest BCUT2D eigenvalue weighted by molar-refractivity contribution is -0.286. The second-order valence-corrected chi connectivity index (χ2v) is 14.5. The number of amides is 1. The molecule has 2 bridgehead atoms. The SMILES string of the molecule is CC(C)(C)OC(=O)N1CC2CCCC1CN2c1nc(OCC23CCCN2CCC3)nc2c(F)c(-c3cccc4c3OC(F)(F)O4)ncc12. The largest absolute Gasteiger partial charge is 0.586 e. The van der Waals surface area contributed by atoms with Crippen molar-refractivity contribution in [3.8, 4) is 28.8 Å². The Hall–Kier alpha value is -4.07. The van der Waals surface area contributed by atoms with Crippen LogP contribution >= 0.6 is 0 Å². The van der Waals surface area contributed by atoms with Crippen molar-refractivity contribution in [1.82, 2.24) is 24.8 Å². The molecule has 1 amide bonds. The molecule has 11 nitrogen and oxygen atoms in total. The van der Waals surface area contributed by atoms with Gasteiger partial charge in [0.25, 0.3) is 0 Å². The van der Waals surface area contributed by atoms with E-state index in [-0.39, 0.29) is 58.0 Å². The minimum atomic E-state index is -3.88. The molecule has 6 aliphatic heterocycles. The third kappa shape index (κ3) is 5.41. The molecule has 0 radical (unpaired) electrons. The molecule has 1 aromatic carbocycles. The van der Waals surface area contributed by atoms with Gasteiger partial charge < -0.3 is 28.7 Å². The van der Waals surface area contributed by atoms with Crippen LogP contribution in [0.3, 0.4) is 0 Å². The Labute approximate surface area is 276 Å². The number of hydrogen-bond acceptors (Lipinski definition) is 10. The second kappa shape index (κ2) is 11.2. The van der Waals surface area contributed by atoms with Crippen LogP contribution in [0.25, 0.3) is 22.2 Å². The molecule has 3 aromatic rings. The number of carbonyl (C=O) groups is 1. The van der Waals surface area contributed by atoms with Crippen LogP contribution in [0.4, 0.5) is 23.8 Å². The Morgan fingerprint density at radius 3 is 2.58 bits per heavy atom. The Kier molecular flexibility index (Phi) is 7.31. The van der Waals surface area contributed by atoms with Crippen LogP contribution in [-0.4, -0.2) is 93.1 Å². The summed E-state index contributed by atoms with van der Waals surface area (Å²) in [5.74, 6) is -0.860. The molecule has 5 fully saturated rings. The summed E-state index contributed by atoms with van der Waals surface area (Å²) >= 11 is 0. The minimum Gasteiger partial charge on any atom is -0.461 e. The predicted octanol–water partition coefficient (Wildman–Crippen LogP) is 6.14. The van der Waals surface area contributed by atoms with E-state index in [0.717, 1.165) is 58.0 Å². The zero-order valence-corrected chi connectivity index (χ0v) is 27.3. The van der Waals surface area contributed by atoms with E-state index in [4.69, 9.17) is 19.2 Å². The number of ether oxygens (including phenoxy) is 4. The smallest absolute Gasteiger partial charge is 0.461 e. The van der Waals surface area contributed by atoms with Gasteiger partial charge in [0.05, 0.1) is 17.0 Å². The third-order valence-corrected chi connectivity index (χ3v) is 10.3. The van der Waals surface area contributed by atoms with Gasteiger partial charge in [-0.05, 0) is 90.9 Å². The van der Waals surface area contributed by atoms with E-state index in [0.29, 0.717) is 30.9 Å². The summed E-state index contributed by atoms with van der Waals surface area (Å²) in [6, 6.07) is 4.04. The number of nitrogens with zero attached hydrogens (tertiary/aromatic N) is 6. The molecule has 0 N–H and O–H groups in total. The second-order valence-electron chi connectivity index (χ2n) is 14.5. The van der Waals surface area contributed by atoms with Crippen molar-refractivity contribution in [2.24, 2.45) is 0 Å². The van der Waals surface area contributed by atoms with E-state index in [1.54, 1.807) is 4.90 Å². The molecule has 9 rings (SSSR count). The number of benzene rings is 1. The monoisotopic (exact) mass is 668 g/mol. The maximum Gasteiger partial charge on any atom is 0.586 e. The van der Waals surface area contributed by atoms with Crippen LogP contribution in [0.2, 0.25) is 0 Å². The highest BCUT2D eigenvalue weighted by molar-refractivity contribution is 5.93. The van der Waals surface area contributed by atoms with Crippen molar-refractivity contribution in [3.05, 3.63) is 30.2 Å². The molecule has 256 valence electrons. The first kappa shape index (κ1) is 31.2. The van der Waals surface area contributed by atoms with Crippen molar-refractivity contribution in [2.75, 3.05) is 37.7 Å². The average Bonchev–Trinajstić information content (AvgIpc) is 3.60. The van der Waals surface area contributed by atoms with E-state index in [1.165, 1.54) is 24.4 Å². The van der Waals surface area contributed by atoms with Crippen LogP contribution in [0.15, 0.2) is 24.4 Å². The van der Waals surface area contributed by atoms with Crippen LogP contribution in [-0.2, 0) is 4.74 Å². The predicted molar refractivity (Wildman–Crippen MR) is 169 cm³/mol. The highest BCUT2D eigenvalue weighted by atomic mass is 19.3. The van der Waals surface area contributed by atoms with Crippen molar-refractivity contribution in [3.63, 3.8) is 0 Å². The van der Waals surface area contributed by atoms with Crippen LogP contribution < -0.4 is 19.1 Å². The molecule has 0 spiro atoms. The highest BCUT2D eigenvalue weighted by Crippen LogP contribution is 2.48. The lowest BCUT2D eigenvalue weighted by atomic mass is 9.95. The molecular formula is C34H39F3N6O5. The number of pyridine rings is 1. The normalized spacial score (nSPS) is 24.2. The summed E-state index contributed by atoms with van der Waals surface area (Å²) in [6.45, 7) is 8.86. The summed E-state index contributed by atoms with van der Waals surface area (Å²) in [4.78, 5) is 33.5. The van der Waals surface area contributed by atoms with Gasteiger partial charge in [0.1, 0.15) is 29.2 Å². The van der Waals surface area contributed by atoms with Gasteiger partial charge in [0, 0.05) is 30.9 Å². The molecule has 8 heterocycles. The van der Waals surface area contributed by atoms with Gasteiger partial charge >= 0.3 is 18.4 Å². The average molecular weight is 669 g/mol. The van der Waals surface area contributed by atoms with Gasteiger partial charge in [-0.2, -0.15) is 9.97 Å². The molecule has 14 heteroatoms. The van der Waals surface area contributed by atoms with Crippen molar-refractivity contribution < 1.29 is 36.9 Å². The number of para-hydroxylation sites is 1. The number of fused-ring (bicyclic) bond motifs is 7. The first-order valence-electron chi connectivity index (χ1n) is 16.8. The number of anilines is 1. The summed E-state index contributed by atoms with van der Waals surface area (Å²) in [5, 5.41) is 0.358. The zero-order valence-electron chi connectivity index (χ0n) is 27.3. The summed E-state index contributed by atoms with van der Waals surface area (Å²) in [7, 11) is 0. The Bertz CT molecular complexity index is 1760. The highest BCUT2D eigenvalue weighted by Gasteiger charge is 2.47. The lowest BCUT2D eigenvalue weighted by Gasteiger charge is -2.44. The van der Waals surface area contributed by atoms with Crippen molar-refractivity contribution in [1.29, 1.82) is 0 Å². The van der Waals surface area contributed by atoms with Gasteiger partial charge in [-0.1, -0.05) is 6.07 Å². The Morgan fingerprint density at radius 2 is 1.81 bits per heavy atom. The fourth-order valence-corrected chi connectivity index (χ4v) is 8.14. The molecule has 6 aliphatic rings. The van der Waals surface area contributed by atoms with Crippen LogP contribution in [0.5, 0.6) is 17.5 Å². The molecular weight excluding hydrogens is 629 g/mol. The molecule has 2 atom stereocenters. The number of alkyl halides is 2. The van der Waals surface area contributed by atoms with E-state index < -0.39 is 17.7 Å². The number of aromatic nitrogens is 3. The zero-order chi connectivity index (χ0) is 33.4. The number of halogens is 3. The Balaban J connectivity index is 1.20. The fraction of sp³-hybridized carbons (Fsp3) is 0.588. The van der Waals surface area contributed by atoms with Gasteiger partial charge in [-0.3, -0.25) is 9.88 Å². The molecule has 2 unspecified atom stereocenters. The van der Waals surface area contributed by atoms with Gasteiger partial charge in [0.15, 0.2) is 17.3 Å². The molecule has 48 heavy (non-hydrogen) atoms. The Morgan fingerprint density at radius 1 is 1.04 bits per heavy atom. The van der Waals surface area contributed by atoms with E-state index in [2.05, 4.69) is 24.5 Å². The minimum absolute atomic E-state index is 0.0139. The van der Waals surface area contributed by atoms with Crippen LogP contribution in [0, 0.1) is 5.82 Å². The first-order chi connectivity index (χ1) is 22.9. The van der Waals surface area contributed by atoms with Crippen LogP contribution in [0.1, 0.15) is 65.7 Å². The lowest BCUT2D eigenvalue weighted by Crippen LogP contribution is -2.59. The molecule has 2 aromatic heterocycles. The van der Waals surface area contributed by atoms with E-state index in [1.807, 2.05) is 20.8 Å². The first-order valence-corrected chi connectivity index (χ1v) is 16.8. The summed E-state index contributed by atoms with van der Waals surface area (Å²) < 4.78 is 66.2.